The fraction of sp³-hybridized carbons (Fsp3) is 0.190. The third-order valence-corrected chi connectivity index (χ3v) is 5.53. The Morgan fingerprint density at radius 1 is 0.923 bits per heavy atom. The molecule has 0 amide bonds. The van der Waals surface area contributed by atoms with Crippen LogP contribution in [0.15, 0.2) is 65.4 Å². The summed E-state index contributed by atoms with van der Waals surface area (Å²) in [5, 5.41) is 8.96. The molecular formula is C21H18Cl2N2S. The molecule has 0 fully saturated rings. The second kappa shape index (κ2) is 7.43. The molecule has 132 valence electrons. The van der Waals surface area contributed by atoms with Crippen LogP contribution in [0.5, 0.6) is 0 Å². The van der Waals surface area contributed by atoms with Gasteiger partial charge in [0.25, 0.3) is 0 Å². The van der Waals surface area contributed by atoms with E-state index >= 15 is 0 Å². The molecule has 2 N–H and O–H groups in total. The van der Waals surface area contributed by atoms with E-state index in [1.807, 2.05) is 36.4 Å². The quantitative estimate of drug-likeness (QED) is 0.601. The van der Waals surface area contributed by atoms with Crippen LogP contribution in [0, 0.1) is 0 Å². The fourth-order valence-corrected chi connectivity index (χ4v) is 4.06. The average Bonchev–Trinajstić information content (AvgIpc) is 2.64. The maximum absolute atomic E-state index is 6.05. The van der Waals surface area contributed by atoms with Gasteiger partial charge in [-0.15, -0.1) is 0 Å². The molecule has 2 nitrogen and oxygen atoms in total. The predicted octanol–water partition coefficient (Wildman–Crippen LogP) is 6.03. The monoisotopic (exact) mass is 400 g/mol. The van der Waals surface area contributed by atoms with Crippen molar-refractivity contribution in [2.45, 2.75) is 25.3 Å². The van der Waals surface area contributed by atoms with Crippen LogP contribution in [0.25, 0.3) is 6.08 Å². The van der Waals surface area contributed by atoms with Gasteiger partial charge >= 0.3 is 0 Å². The van der Waals surface area contributed by atoms with Crippen molar-refractivity contribution < 1.29 is 0 Å². The maximum Gasteiger partial charge on any atom is 0.171 e. The van der Waals surface area contributed by atoms with Crippen LogP contribution in [0.1, 0.15) is 36.4 Å². The first-order chi connectivity index (χ1) is 12.6. The van der Waals surface area contributed by atoms with E-state index in [-0.39, 0.29) is 6.04 Å². The van der Waals surface area contributed by atoms with Gasteiger partial charge in [0, 0.05) is 15.7 Å². The second-order valence-electron chi connectivity index (χ2n) is 6.56. The molecule has 1 aliphatic carbocycles. The third-order valence-electron chi connectivity index (χ3n) is 4.81. The zero-order valence-corrected chi connectivity index (χ0v) is 16.4. The molecule has 2 aromatic carbocycles. The molecule has 0 saturated carbocycles. The minimum Gasteiger partial charge on any atom is -0.352 e. The van der Waals surface area contributed by atoms with E-state index in [9.17, 15) is 0 Å². The summed E-state index contributed by atoms with van der Waals surface area (Å²) in [7, 11) is 0. The van der Waals surface area contributed by atoms with Crippen molar-refractivity contribution in [2.24, 2.45) is 0 Å². The highest BCUT2D eigenvalue weighted by Gasteiger charge is 2.30. The molecule has 4 rings (SSSR count). The Bertz CT molecular complexity index is 899. The van der Waals surface area contributed by atoms with Gasteiger partial charge in [-0.05, 0) is 84.1 Å². The first-order valence-corrected chi connectivity index (χ1v) is 9.79. The number of benzene rings is 2. The molecular weight excluding hydrogens is 383 g/mol. The van der Waals surface area contributed by atoms with Crippen molar-refractivity contribution in [3.05, 3.63) is 86.5 Å². The van der Waals surface area contributed by atoms with Gasteiger partial charge < -0.3 is 10.6 Å². The van der Waals surface area contributed by atoms with Gasteiger partial charge in [0.1, 0.15) is 0 Å². The van der Waals surface area contributed by atoms with Gasteiger partial charge in [0.2, 0.25) is 0 Å². The second-order valence-corrected chi connectivity index (χ2v) is 7.84. The highest BCUT2D eigenvalue weighted by Crippen LogP contribution is 2.38. The summed E-state index contributed by atoms with van der Waals surface area (Å²) >= 11 is 17.5. The topological polar surface area (TPSA) is 24.1 Å². The summed E-state index contributed by atoms with van der Waals surface area (Å²) < 4.78 is 0. The van der Waals surface area contributed by atoms with E-state index in [2.05, 4.69) is 28.8 Å². The van der Waals surface area contributed by atoms with Gasteiger partial charge in [-0.3, -0.25) is 0 Å². The lowest BCUT2D eigenvalue weighted by molar-refractivity contribution is 0.609. The molecule has 1 atom stereocenters. The molecule has 1 aliphatic heterocycles. The lowest BCUT2D eigenvalue weighted by Crippen LogP contribution is -2.45. The van der Waals surface area contributed by atoms with E-state index < -0.39 is 0 Å². The molecule has 0 aromatic heterocycles. The zero-order valence-electron chi connectivity index (χ0n) is 14.1. The molecule has 0 radical (unpaired) electrons. The van der Waals surface area contributed by atoms with Crippen molar-refractivity contribution in [1.82, 2.24) is 10.6 Å². The lowest BCUT2D eigenvalue weighted by atomic mass is 9.83. The van der Waals surface area contributed by atoms with Gasteiger partial charge in [0.05, 0.1) is 6.04 Å². The number of hydrogen-bond donors (Lipinski definition) is 2. The van der Waals surface area contributed by atoms with Crippen LogP contribution in [0.3, 0.4) is 0 Å². The number of rotatable bonds is 2. The van der Waals surface area contributed by atoms with Crippen LogP contribution in [0.4, 0.5) is 0 Å². The Hall–Kier alpha value is -1.81. The van der Waals surface area contributed by atoms with Crippen molar-refractivity contribution in [2.75, 3.05) is 0 Å². The van der Waals surface area contributed by atoms with E-state index in [4.69, 9.17) is 35.4 Å². The molecule has 5 heteroatoms. The van der Waals surface area contributed by atoms with Crippen LogP contribution in [0.2, 0.25) is 10.0 Å². The minimum atomic E-state index is 0.0879. The first-order valence-electron chi connectivity index (χ1n) is 8.63. The Kier molecular flexibility index (Phi) is 5.03. The van der Waals surface area contributed by atoms with Crippen molar-refractivity contribution in [1.29, 1.82) is 0 Å². The third kappa shape index (κ3) is 3.66. The summed E-state index contributed by atoms with van der Waals surface area (Å²) in [4.78, 5) is 0. The van der Waals surface area contributed by atoms with E-state index in [0.717, 1.165) is 40.6 Å². The number of halogens is 2. The molecule has 2 aromatic rings. The Morgan fingerprint density at radius 2 is 1.58 bits per heavy atom. The first kappa shape index (κ1) is 17.6. The van der Waals surface area contributed by atoms with Gasteiger partial charge in [-0.1, -0.05) is 47.5 Å². The van der Waals surface area contributed by atoms with E-state index in [0.29, 0.717) is 5.11 Å². The largest absolute Gasteiger partial charge is 0.352 e. The van der Waals surface area contributed by atoms with Crippen LogP contribution in [-0.4, -0.2) is 5.11 Å². The molecule has 2 aliphatic rings. The highest BCUT2D eigenvalue weighted by molar-refractivity contribution is 7.80. The Balaban J connectivity index is 1.75. The van der Waals surface area contributed by atoms with E-state index in [1.54, 1.807) is 0 Å². The number of allylic oxidation sites excluding steroid dienone is 1. The summed E-state index contributed by atoms with van der Waals surface area (Å²) in [6, 6.07) is 16.0. The zero-order chi connectivity index (χ0) is 18.1. The standard InChI is InChI=1S/C21H18Cl2N2S/c22-16-8-4-13(5-9-16)12-15-2-1-3-18-19(24-21(26)25-20(15)18)14-6-10-17(23)11-7-14/h4-12,19H,1-3H2,(H2,24,25,26)/t19-/m1/s1. The number of nitrogens with one attached hydrogen (secondary N) is 2. The number of hydrogen-bond acceptors (Lipinski definition) is 1. The average molecular weight is 401 g/mol. The SMILES string of the molecule is S=C1NC2=C(CCCC2=Cc2ccc(Cl)cc2)[C@@H](c2ccc(Cl)cc2)N1. The van der Waals surface area contributed by atoms with Crippen molar-refractivity contribution in [3.63, 3.8) is 0 Å². The van der Waals surface area contributed by atoms with Crippen LogP contribution < -0.4 is 10.6 Å². The molecule has 0 bridgehead atoms. The molecule has 1 heterocycles. The van der Waals surface area contributed by atoms with Gasteiger partial charge in [0.15, 0.2) is 5.11 Å². The Labute approximate surface area is 168 Å². The van der Waals surface area contributed by atoms with Crippen LogP contribution >= 0.6 is 35.4 Å². The van der Waals surface area contributed by atoms with E-state index in [1.165, 1.54) is 16.7 Å². The molecule has 0 saturated heterocycles. The predicted molar refractivity (Wildman–Crippen MR) is 113 cm³/mol. The van der Waals surface area contributed by atoms with Crippen molar-refractivity contribution in [3.8, 4) is 0 Å². The molecule has 0 unspecified atom stereocenters. The summed E-state index contributed by atoms with van der Waals surface area (Å²) in [6.45, 7) is 0. The molecule has 26 heavy (non-hydrogen) atoms. The highest BCUT2D eigenvalue weighted by atomic mass is 35.5. The van der Waals surface area contributed by atoms with Crippen molar-refractivity contribution >= 4 is 46.6 Å². The smallest absolute Gasteiger partial charge is 0.171 e. The fourth-order valence-electron chi connectivity index (χ4n) is 3.59. The normalized spacial score (nSPS) is 21.2. The summed E-state index contributed by atoms with van der Waals surface area (Å²) in [6.07, 6.45) is 5.43. The summed E-state index contributed by atoms with van der Waals surface area (Å²) in [5.41, 5.74) is 6.13. The molecule has 0 spiro atoms. The van der Waals surface area contributed by atoms with Gasteiger partial charge in [-0.2, -0.15) is 0 Å². The lowest BCUT2D eigenvalue weighted by Gasteiger charge is -2.36. The number of thiocarbonyl (C=S) groups is 1. The minimum absolute atomic E-state index is 0.0879. The van der Waals surface area contributed by atoms with Crippen LogP contribution in [-0.2, 0) is 0 Å². The summed E-state index contributed by atoms with van der Waals surface area (Å²) in [5.74, 6) is 0. The Morgan fingerprint density at radius 3 is 2.27 bits per heavy atom. The van der Waals surface area contributed by atoms with Gasteiger partial charge in [-0.25, -0.2) is 0 Å². The maximum atomic E-state index is 6.05.